The van der Waals surface area contributed by atoms with Gasteiger partial charge in [0, 0.05) is 5.75 Å². The predicted octanol–water partition coefficient (Wildman–Crippen LogP) is 5.27. The number of aliphatic hydroxyl groups excluding tert-OH is 1. The van der Waals surface area contributed by atoms with Crippen LogP contribution >= 0.6 is 11.8 Å². The Hall–Kier alpha value is -2.41. The van der Waals surface area contributed by atoms with Crippen molar-refractivity contribution in [3.8, 4) is 0 Å². The van der Waals surface area contributed by atoms with Crippen LogP contribution in [-0.2, 0) is 27.9 Å². The number of thioether (sulfide) groups is 1. The molecule has 0 saturated carbocycles. The highest BCUT2D eigenvalue weighted by molar-refractivity contribution is 8.03. The summed E-state index contributed by atoms with van der Waals surface area (Å²) in [5.74, 6) is -0.653. The van der Waals surface area contributed by atoms with Gasteiger partial charge >= 0.3 is 12.1 Å². The van der Waals surface area contributed by atoms with E-state index >= 15 is 0 Å². The van der Waals surface area contributed by atoms with Gasteiger partial charge in [0.25, 0.3) is 0 Å². The highest BCUT2D eigenvalue weighted by Gasteiger charge is 2.34. The fourth-order valence-electron chi connectivity index (χ4n) is 2.75. The van der Waals surface area contributed by atoms with Crippen LogP contribution in [0.1, 0.15) is 23.1 Å². The number of halogens is 3. The summed E-state index contributed by atoms with van der Waals surface area (Å²) in [6, 6.07) is 14.5. The second-order valence-corrected chi connectivity index (χ2v) is 7.10. The first-order valence-corrected chi connectivity index (χ1v) is 9.30. The van der Waals surface area contributed by atoms with Gasteiger partial charge in [-0.15, -0.1) is 11.8 Å². The molecule has 1 heterocycles. The number of aliphatic hydroxyl groups is 1. The van der Waals surface area contributed by atoms with Gasteiger partial charge in [-0.25, -0.2) is 4.79 Å². The van der Waals surface area contributed by atoms with E-state index in [2.05, 4.69) is 0 Å². The molecule has 0 aromatic heterocycles. The van der Waals surface area contributed by atoms with Gasteiger partial charge in [0.2, 0.25) is 0 Å². The molecule has 27 heavy (non-hydrogen) atoms. The molecular weight excluding hydrogens is 377 g/mol. The Morgan fingerprint density at radius 1 is 1.04 bits per heavy atom. The molecule has 0 bridgehead atoms. The van der Waals surface area contributed by atoms with Crippen molar-refractivity contribution in [2.24, 2.45) is 0 Å². The Morgan fingerprint density at radius 3 is 2.44 bits per heavy atom. The van der Waals surface area contributed by atoms with Crippen LogP contribution in [-0.4, -0.2) is 17.2 Å². The van der Waals surface area contributed by atoms with Gasteiger partial charge in [-0.2, -0.15) is 13.2 Å². The average molecular weight is 394 g/mol. The number of benzene rings is 2. The van der Waals surface area contributed by atoms with Crippen LogP contribution in [0, 0.1) is 0 Å². The van der Waals surface area contributed by atoms with Crippen LogP contribution in [0.2, 0.25) is 0 Å². The number of rotatable bonds is 6. The number of ether oxygens (including phenoxy) is 1. The van der Waals surface area contributed by atoms with E-state index in [1.54, 1.807) is 6.07 Å². The van der Waals surface area contributed by atoms with Gasteiger partial charge in [0.15, 0.2) is 11.9 Å². The lowest BCUT2D eigenvalue weighted by Gasteiger charge is -2.09. The first kappa shape index (κ1) is 19.4. The van der Waals surface area contributed by atoms with Crippen LogP contribution in [0.4, 0.5) is 13.2 Å². The molecule has 1 N–H and O–H groups in total. The second-order valence-electron chi connectivity index (χ2n) is 6.12. The van der Waals surface area contributed by atoms with Crippen LogP contribution < -0.4 is 0 Å². The van der Waals surface area contributed by atoms with Gasteiger partial charge in [-0.05, 0) is 30.0 Å². The Labute approximate surface area is 158 Å². The largest absolute Gasteiger partial charge is 0.507 e. The molecule has 142 valence electrons. The third kappa shape index (κ3) is 4.86. The fraction of sp³-hybridized carbons (Fsp3) is 0.250. The summed E-state index contributed by atoms with van der Waals surface area (Å²) in [5, 5.41) is 10.3. The fourth-order valence-corrected chi connectivity index (χ4v) is 3.69. The van der Waals surface area contributed by atoms with Gasteiger partial charge in [0.1, 0.15) is 4.91 Å². The van der Waals surface area contributed by atoms with Gasteiger partial charge in [0.05, 0.1) is 5.56 Å². The zero-order valence-electron chi connectivity index (χ0n) is 14.2. The summed E-state index contributed by atoms with van der Waals surface area (Å²) in [5.41, 5.74) is 0.732. The van der Waals surface area contributed by atoms with Crippen LogP contribution in [0.5, 0.6) is 0 Å². The lowest BCUT2D eigenvalue weighted by molar-refractivity contribution is -0.140. The van der Waals surface area contributed by atoms with Crippen molar-refractivity contribution in [3.05, 3.63) is 82.0 Å². The minimum absolute atomic E-state index is 0.0606. The Morgan fingerprint density at radius 2 is 1.74 bits per heavy atom. The first-order chi connectivity index (χ1) is 12.8. The summed E-state index contributed by atoms with van der Waals surface area (Å²) in [6.45, 7) is 0. The smallest absolute Gasteiger partial charge is 0.416 e. The zero-order chi connectivity index (χ0) is 19.4. The second kappa shape index (κ2) is 8.08. The molecule has 1 atom stereocenters. The molecule has 0 spiro atoms. The molecule has 2 aromatic carbocycles. The summed E-state index contributed by atoms with van der Waals surface area (Å²) in [6.07, 6.45) is -4.07. The number of hydrogen-bond donors (Lipinski definition) is 1. The summed E-state index contributed by atoms with van der Waals surface area (Å²) >= 11 is 0.986. The van der Waals surface area contributed by atoms with E-state index in [-0.39, 0.29) is 16.4 Å². The molecule has 0 fully saturated rings. The van der Waals surface area contributed by atoms with Crippen molar-refractivity contribution in [1.29, 1.82) is 0 Å². The van der Waals surface area contributed by atoms with E-state index in [1.807, 2.05) is 30.3 Å². The predicted molar refractivity (Wildman–Crippen MR) is 97.0 cm³/mol. The van der Waals surface area contributed by atoms with Crippen molar-refractivity contribution < 1.29 is 27.8 Å². The maximum Gasteiger partial charge on any atom is 0.416 e. The molecule has 1 aliphatic heterocycles. The van der Waals surface area contributed by atoms with Crippen molar-refractivity contribution in [3.63, 3.8) is 0 Å². The molecule has 2 aromatic rings. The first-order valence-electron chi connectivity index (χ1n) is 8.31. The Kier molecular flexibility index (Phi) is 5.79. The van der Waals surface area contributed by atoms with Crippen molar-refractivity contribution in [2.75, 3.05) is 0 Å². The van der Waals surface area contributed by atoms with E-state index < -0.39 is 23.8 Å². The normalized spacial score (nSPS) is 17.3. The number of cyclic esters (lactones) is 1. The van der Waals surface area contributed by atoms with Crippen molar-refractivity contribution in [2.45, 2.75) is 30.9 Å². The highest BCUT2D eigenvalue weighted by Crippen LogP contribution is 2.35. The third-order valence-electron chi connectivity index (χ3n) is 4.15. The number of alkyl halides is 3. The molecule has 1 unspecified atom stereocenters. The van der Waals surface area contributed by atoms with Gasteiger partial charge in [-0.3, -0.25) is 0 Å². The molecule has 0 amide bonds. The van der Waals surface area contributed by atoms with Crippen LogP contribution in [0.15, 0.2) is 65.3 Å². The number of hydrogen-bond acceptors (Lipinski definition) is 4. The molecule has 0 aliphatic carbocycles. The molecule has 0 saturated heterocycles. The van der Waals surface area contributed by atoms with Crippen molar-refractivity contribution >= 4 is 17.7 Å². The van der Waals surface area contributed by atoms with Gasteiger partial charge < -0.3 is 9.84 Å². The van der Waals surface area contributed by atoms with E-state index in [9.17, 15) is 23.1 Å². The Bertz CT molecular complexity index is 847. The third-order valence-corrected chi connectivity index (χ3v) is 5.29. The molecule has 0 radical (unpaired) electrons. The van der Waals surface area contributed by atoms with Crippen LogP contribution in [0.3, 0.4) is 0 Å². The minimum atomic E-state index is -4.42. The number of aryl methyl sites for hydroxylation is 1. The zero-order valence-corrected chi connectivity index (χ0v) is 15.0. The van der Waals surface area contributed by atoms with E-state index in [4.69, 9.17) is 4.74 Å². The Balaban J connectivity index is 1.63. The summed E-state index contributed by atoms with van der Waals surface area (Å²) in [7, 11) is 0. The van der Waals surface area contributed by atoms with E-state index in [1.165, 1.54) is 6.07 Å². The van der Waals surface area contributed by atoms with E-state index in [0.29, 0.717) is 18.4 Å². The lowest BCUT2D eigenvalue weighted by atomic mass is 10.1. The number of carbonyl (C=O) groups is 1. The quantitative estimate of drug-likeness (QED) is 0.679. The SMILES string of the molecule is O=C1OC(CCc2ccccc2)C(O)=C1SCc1cccc(C(F)(F)F)c1. The maximum atomic E-state index is 12.8. The topological polar surface area (TPSA) is 46.5 Å². The molecule has 3 nitrogen and oxygen atoms in total. The van der Waals surface area contributed by atoms with Crippen molar-refractivity contribution in [1.82, 2.24) is 0 Å². The summed E-state index contributed by atoms with van der Waals surface area (Å²) < 4.78 is 43.5. The molecule has 3 rings (SSSR count). The maximum absolute atomic E-state index is 12.8. The number of carbonyl (C=O) groups excluding carboxylic acids is 1. The minimum Gasteiger partial charge on any atom is -0.507 e. The monoisotopic (exact) mass is 394 g/mol. The molecule has 7 heteroatoms. The molecule has 1 aliphatic rings. The van der Waals surface area contributed by atoms with Crippen LogP contribution in [0.25, 0.3) is 0 Å². The van der Waals surface area contributed by atoms with Gasteiger partial charge in [-0.1, -0.05) is 48.5 Å². The molecular formula is C20H17F3O3S. The average Bonchev–Trinajstić information content (AvgIpc) is 2.92. The number of esters is 1. The highest BCUT2D eigenvalue weighted by atomic mass is 32.2. The lowest BCUT2D eigenvalue weighted by Crippen LogP contribution is -2.12. The standard InChI is InChI=1S/C20H17F3O3S/c21-20(22,23)15-8-4-7-14(11-15)12-27-18-17(24)16(26-19(18)25)10-9-13-5-2-1-3-6-13/h1-8,11,16,24H,9-10,12H2. The van der Waals surface area contributed by atoms with E-state index in [0.717, 1.165) is 29.5 Å². The summed E-state index contributed by atoms with van der Waals surface area (Å²) in [4.78, 5) is 12.1.